The molecule has 0 amide bonds. The van der Waals surface area contributed by atoms with Gasteiger partial charge in [0, 0.05) is 12.1 Å². The second kappa shape index (κ2) is 5.52. The highest BCUT2D eigenvalue weighted by molar-refractivity contribution is 5.75. The van der Waals surface area contributed by atoms with E-state index in [0.29, 0.717) is 0 Å². The molecule has 1 unspecified atom stereocenters. The Labute approximate surface area is 93.6 Å². The number of nitrogens with zero attached hydrogens (tertiary/aromatic N) is 1. The molecule has 0 aromatic heterocycles. The molecule has 3 nitrogen and oxygen atoms in total. The molecular weight excluding hydrogens is 223 g/mol. The van der Waals surface area contributed by atoms with Gasteiger partial charge in [0.1, 0.15) is 0 Å². The summed E-state index contributed by atoms with van der Waals surface area (Å²) in [4.78, 5) is 12.3. The molecular formula is C10H18F3NO2. The number of rotatable bonds is 4. The Bertz CT molecular complexity index is 231. The van der Waals surface area contributed by atoms with Crippen molar-refractivity contribution < 1.29 is 22.7 Å². The molecule has 0 aliphatic rings. The van der Waals surface area contributed by atoms with Crippen molar-refractivity contribution in [2.45, 2.75) is 59.1 Å². The largest absolute Gasteiger partial charge is 0.490 e. The van der Waals surface area contributed by atoms with Gasteiger partial charge in [-0.05, 0) is 34.6 Å². The minimum atomic E-state index is -4.94. The summed E-state index contributed by atoms with van der Waals surface area (Å²) in [6.07, 6.45) is -5.83. The smallest absolute Gasteiger partial charge is 0.440 e. The third kappa shape index (κ3) is 4.38. The van der Waals surface area contributed by atoms with Gasteiger partial charge in [-0.25, -0.2) is 4.79 Å². The molecule has 0 rings (SSSR count). The van der Waals surface area contributed by atoms with Crippen LogP contribution < -0.4 is 0 Å². The van der Waals surface area contributed by atoms with Crippen molar-refractivity contribution in [3.8, 4) is 0 Å². The SMILES string of the molecule is CC(C)N(C(C)C)C(C)OC(=O)C(F)(F)F. The molecule has 0 fully saturated rings. The van der Waals surface area contributed by atoms with Crippen molar-refractivity contribution in [2.75, 3.05) is 0 Å². The number of carbonyl (C=O) groups is 1. The van der Waals surface area contributed by atoms with Crippen molar-refractivity contribution in [3.05, 3.63) is 0 Å². The quantitative estimate of drug-likeness (QED) is 0.559. The van der Waals surface area contributed by atoms with Crippen LogP contribution in [-0.2, 0) is 9.53 Å². The van der Waals surface area contributed by atoms with E-state index in [2.05, 4.69) is 4.74 Å². The van der Waals surface area contributed by atoms with E-state index in [1.54, 1.807) is 4.90 Å². The number of alkyl halides is 3. The van der Waals surface area contributed by atoms with E-state index in [1.165, 1.54) is 6.92 Å². The van der Waals surface area contributed by atoms with Gasteiger partial charge in [-0.2, -0.15) is 13.2 Å². The average Bonchev–Trinajstić information content (AvgIpc) is 1.99. The molecule has 1 atom stereocenters. The van der Waals surface area contributed by atoms with Crippen LogP contribution in [0.4, 0.5) is 13.2 Å². The fourth-order valence-corrected chi connectivity index (χ4v) is 1.72. The number of carbonyl (C=O) groups excluding carboxylic acids is 1. The first kappa shape index (κ1) is 15.2. The summed E-state index contributed by atoms with van der Waals surface area (Å²) >= 11 is 0. The zero-order valence-corrected chi connectivity index (χ0v) is 10.1. The normalized spacial score (nSPS) is 14.7. The Kier molecular flexibility index (Phi) is 5.25. The van der Waals surface area contributed by atoms with Crippen LogP contribution >= 0.6 is 0 Å². The van der Waals surface area contributed by atoms with Crippen LogP contribution in [0.5, 0.6) is 0 Å². The zero-order valence-electron chi connectivity index (χ0n) is 10.1. The maximum Gasteiger partial charge on any atom is 0.490 e. The molecule has 0 aromatic carbocycles. The van der Waals surface area contributed by atoms with Gasteiger partial charge in [-0.15, -0.1) is 0 Å². The average molecular weight is 241 g/mol. The lowest BCUT2D eigenvalue weighted by Gasteiger charge is -2.35. The Hall–Kier alpha value is -0.780. The minimum absolute atomic E-state index is 0.00367. The highest BCUT2D eigenvalue weighted by atomic mass is 19.4. The van der Waals surface area contributed by atoms with E-state index in [0.717, 1.165) is 0 Å². The molecule has 0 bridgehead atoms. The molecule has 0 heterocycles. The van der Waals surface area contributed by atoms with Gasteiger partial charge < -0.3 is 4.74 Å². The lowest BCUT2D eigenvalue weighted by molar-refractivity contribution is -0.213. The second-order valence-corrected chi connectivity index (χ2v) is 4.14. The monoisotopic (exact) mass is 241 g/mol. The van der Waals surface area contributed by atoms with E-state index in [1.807, 2.05) is 27.7 Å². The van der Waals surface area contributed by atoms with Crippen LogP contribution in [0.1, 0.15) is 34.6 Å². The first-order chi connectivity index (χ1) is 7.07. The summed E-state index contributed by atoms with van der Waals surface area (Å²) in [6.45, 7) is 8.76. The molecule has 0 saturated carbocycles. The number of hydrogen-bond acceptors (Lipinski definition) is 3. The van der Waals surface area contributed by atoms with Crippen LogP contribution in [0.25, 0.3) is 0 Å². The fraction of sp³-hybridized carbons (Fsp3) is 0.900. The Morgan fingerprint density at radius 3 is 1.69 bits per heavy atom. The van der Waals surface area contributed by atoms with Gasteiger partial charge in [0.25, 0.3) is 0 Å². The van der Waals surface area contributed by atoms with Crippen molar-refractivity contribution in [3.63, 3.8) is 0 Å². The molecule has 0 spiro atoms. The summed E-state index contributed by atoms with van der Waals surface area (Å²) < 4.78 is 40.3. The van der Waals surface area contributed by atoms with Gasteiger partial charge in [0.15, 0.2) is 6.23 Å². The van der Waals surface area contributed by atoms with Gasteiger partial charge in [0.05, 0.1) is 0 Å². The van der Waals surface area contributed by atoms with Crippen molar-refractivity contribution >= 4 is 5.97 Å². The third-order valence-corrected chi connectivity index (χ3v) is 2.12. The fourth-order valence-electron chi connectivity index (χ4n) is 1.72. The second-order valence-electron chi connectivity index (χ2n) is 4.14. The Morgan fingerprint density at radius 2 is 1.44 bits per heavy atom. The van der Waals surface area contributed by atoms with Crippen molar-refractivity contribution in [1.29, 1.82) is 0 Å². The Balaban J connectivity index is 4.55. The number of esters is 1. The number of ether oxygens (including phenoxy) is 1. The van der Waals surface area contributed by atoms with Crippen molar-refractivity contribution in [2.24, 2.45) is 0 Å². The van der Waals surface area contributed by atoms with Crippen LogP contribution in [0.2, 0.25) is 0 Å². The summed E-state index contributed by atoms with van der Waals surface area (Å²) in [5, 5.41) is 0. The number of hydrogen-bond donors (Lipinski definition) is 0. The van der Waals surface area contributed by atoms with Gasteiger partial charge in [-0.1, -0.05) is 0 Å². The summed E-state index contributed by atoms with van der Waals surface area (Å²) in [6, 6.07) is -0.00735. The first-order valence-electron chi connectivity index (χ1n) is 5.12. The zero-order chi connectivity index (χ0) is 13.1. The Morgan fingerprint density at radius 1 is 1.06 bits per heavy atom. The minimum Gasteiger partial charge on any atom is -0.440 e. The molecule has 0 aromatic rings. The molecule has 96 valence electrons. The highest BCUT2D eigenvalue weighted by Crippen LogP contribution is 2.20. The lowest BCUT2D eigenvalue weighted by atomic mass is 10.2. The highest BCUT2D eigenvalue weighted by Gasteiger charge is 2.42. The molecule has 0 aliphatic heterocycles. The lowest BCUT2D eigenvalue weighted by Crippen LogP contribution is -2.47. The van der Waals surface area contributed by atoms with E-state index >= 15 is 0 Å². The first-order valence-corrected chi connectivity index (χ1v) is 5.12. The number of halogens is 3. The van der Waals surface area contributed by atoms with Crippen LogP contribution in [0.15, 0.2) is 0 Å². The summed E-state index contributed by atoms with van der Waals surface area (Å²) in [7, 11) is 0. The van der Waals surface area contributed by atoms with Gasteiger partial charge in [-0.3, -0.25) is 4.90 Å². The van der Waals surface area contributed by atoms with Gasteiger partial charge >= 0.3 is 12.1 Å². The van der Waals surface area contributed by atoms with E-state index in [-0.39, 0.29) is 12.1 Å². The molecule has 0 radical (unpaired) electrons. The van der Waals surface area contributed by atoms with Crippen LogP contribution in [0, 0.1) is 0 Å². The third-order valence-electron chi connectivity index (χ3n) is 2.12. The standard InChI is InChI=1S/C10H18F3NO2/c1-6(2)14(7(3)4)8(5)16-9(15)10(11,12)13/h6-8H,1-5H3. The van der Waals surface area contributed by atoms with E-state index in [9.17, 15) is 18.0 Å². The molecule has 16 heavy (non-hydrogen) atoms. The van der Waals surface area contributed by atoms with Crippen molar-refractivity contribution in [1.82, 2.24) is 4.90 Å². The summed E-state index contributed by atoms with van der Waals surface area (Å²) in [5.41, 5.74) is 0. The molecule has 0 saturated heterocycles. The summed E-state index contributed by atoms with van der Waals surface area (Å²) in [5.74, 6) is -2.15. The molecule has 0 N–H and O–H groups in total. The van der Waals surface area contributed by atoms with Crippen LogP contribution in [-0.4, -0.2) is 35.4 Å². The topological polar surface area (TPSA) is 29.5 Å². The predicted molar refractivity (Wildman–Crippen MR) is 53.7 cm³/mol. The molecule has 6 heteroatoms. The van der Waals surface area contributed by atoms with E-state index in [4.69, 9.17) is 0 Å². The van der Waals surface area contributed by atoms with E-state index < -0.39 is 18.4 Å². The maximum atomic E-state index is 12.0. The van der Waals surface area contributed by atoms with Crippen LogP contribution in [0.3, 0.4) is 0 Å². The maximum absolute atomic E-state index is 12.0. The molecule has 0 aliphatic carbocycles. The van der Waals surface area contributed by atoms with Gasteiger partial charge in [0.2, 0.25) is 0 Å². The predicted octanol–water partition coefficient (Wildman–Crippen LogP) is 2.56.